The van der Waals surface area contributed by atoms with Gasteiger partial charge in [0.25, 0.3) is 0 Å². The molecule has 3 aromatic rings. The topological polar surface area (TPSA) is 73.0 Å². The van der Waals surface area contributed by atoms with Crippen molar-refractivity contribution in [3.05, 3.63) is 54.2 Å². The van der Waals surface area contributed by atoms with Gasteiger partial charge in [0.2, 0.25) is 5.91 Å². The van der Waals surface area contributed by atoms with Crippen LogP contribution in [0.15, 0.2) is 52.2 Å². The molecule has 8 heteroatoms. The predicted octanol–water partition coefficient (Wildman–Crippen LogP) is 2.62. The van der Waals surface area contributed by atoms with Crippen molar-refractivity contribution in [1.29, 1.82) is 0 Å². The summed E-state index contributed by atoms with van der Waals surface area (Å²) in [5.41, 5.74) is 0.764. The minimum Gasteiger partial charge on any atom is -0.467 e. The van der Waals surface area contributed by atoms with Crippen LogP contribution >= 0.6 is 11.8 Å². The molecule has 0 aliphatic heterocycles. The monoisotopic (exact) mass is 346 g/mol. The summed E-state index contributed by atoms with van der Waals surface area (Å²) in [7, 11) is 1.81. The van der Waals surface area contributed by atoms with Crippen molar-refractivity contribution in [3.63, 3.8) is 0 Å². The van der Waals surface area contributed by atoms with Crippen LogP contribution in [0.25, 0.3) is 11.4 Å². The second-order valence-corrected chi connectivity index (χ2v) is 5.96. The molecule has 2 heterocycles. The first kappa shape index (κ1) is 16.3. The normalized spacial score (nSPS) is 10.8. The van der Waals surface area contributed by atoms with Gasteiger partial charge in [-0.25, -0.2) is 4.39 Å². The summed E-state index contributed by atoms with van der Waals surface area (Å²) in [5.74, 6) is 1.11. The molecule has 24 heavy (non-hydrogen) atoms. The summed E-state index contributed by atoms with van der Waals surface area (Å²) in [6, 6.07) is 9.60. The van der Waals surface area contributed by atoms with E-state index in [1.54, 1.807) is 35.1 Å². The molecule has 0 aliphatic carbocycles. The number of hydrogen-bond donors (Lipinski definition) is 1. The third-order valence-corrected chi connectivity index (χ3v) is 4.33. The van der Waals surface area contributed by atoms with Gasteiger partial charge < -0.3 is 14.3 Å². The molecule has 0 radical (unpaired) electrons. The van der Waals surface area contributed by atoms with E-state index in [1.807, 2.05) is 7.05 Å². The van der Waals surface area contributed by atoms with Gasteiger partial charge in [0.05, 0.1) is 18.6 Å². The maximum atomic E-state index is 13.0. The number of thioether (sulfide) groups is 1. The number of furan rings is 1. The number of amides is 1. The Bertz CT molecular complexity index is 815. The van der Waals surface area contributed by atoms with Crippen molar-refractivity contribution in [3.8, 4) is 11.4 Å². The van der Waals surface area contributed by atoms with Crippen molar-refractivity contribution < 1.29 is 13.6 Å². The summed E-state index contributed by atoms with van der Waals surface area (Å²) >= 11 is 1.28. The summed E-state index contributed by atoms with van der Waals surface area (Å²) in [4.78, 5) is 11.9. The van der Waals surface area contributed by atoms with Gasteiger partial charge in [0.15, 0.2) is 11.0 Å². The number of carbonyl (C=O) groups excluding carboxylic acids is 1. The van der Waals surface area contributed by atoms with E-state index >= 15 is 0 Å². The fourth-order valence-corrected chi connectivity index (χ4v) is 2.81. The highest BCUT2D eigenvalue weighted by Crippen LogP contribution is 2.22. The molecule has 0 spiro atoms. The zero-order chi connectivity index (χ0) is 16.9. The van der Waals surface area contributed by atoms with E-state index in [2.05, 4.69) is 15.5 Å². The maximum Gasteiger partial charge on any atom is 0.230 e. The molecule has 2 aromatic heterocycles. The minimum absolute atomic E-state index is 0.122. The fourth-order valence-electron chi connectivity index (χ4n) is 2.07. The molecule has 124 valence electrons. The summed E-state index contributed by atoms with van der Waals surface area (Å²) in [6.07, 6.45) is 1.56. The van der Waals surface area contributed by atoms with E-state index in [-0.39, 0.29) is 17.5 Å². The van der Waals surface area contributed by atoms with Crippen LogP contribution in [0.3, 0.4) is 0 Å². The lowest BCUT2D eigenvalue weighted by Crippen LogP contribution is -2.24. The van der Waals surface area contributed by atoms with Crippen LogP contribution in [0.1, 0.15) is 5.76 Å². The molecule has 1 aromatic carbocycles. The van der Waals surface area contributed by atoms with Gasteiger partial charge in [0.1, 0.15) is 11.6 Å². The average molecular weight is 346 g/mol. The maximum absolute atomic E-state index is 13.0. The number of halogens is 1. The van der Waals surface area contributed by atoms with Crippen LogP contribution in [-0.4, -0.2) is 26.4 Å². The summed E-state index contributed by atoms with van der Waals surface area (Å²) in [5, 5.41) is 11.6. The second kappa shape index (κ2) is 7.31. The standard InChI is InChI=1S/C16H15FN4O2S/c1-21-15(11-4-6-12(17)7-5-11)19-20-16(21)24-10-14(22)18-9-13-3-2-8-23-13/h2-8H,9-10H2,1H3,(H,18,22). The van der Waals surface area contributed by atoms with Gasteiger partial charge in [-0.2, -0.15) is 0 Å². The molecule has 0 aliphatic rings. The Morgan fingerprint density at radius 3 is 2.79 bits per heavy atom. The quantitative estimate of drug-likeness (QED) is 0.695. The van der Waals surface area contributed by atoms with Crippen LogP contribution in [0.2, 0.25) is 0 Å². The van der Waals surface area contributed by atoms with Gasteiger partial charge in [-0.15, -0.1) is 10.2 Å². The lowest BCUT2D eigenvalue weighted by atomic mass is 10.2. The molecule has 0 saturated heterocycles. The largest absolute Gasteiger partial charge is 0.467 e. The molecule has 0 unspecified atom stereocenters. The van der Waals surface area contributed by atoms with Gasteiger partial charge in [-0.05, 0) is 36.4 Å². The second-order valence-electron chi connectivity index (χ2n) is 5.02. The molecule has 3 rings (SSSR count). The minimum atomic E-state index is -0.302. The number of hydrogen-bond acceptors (Lipinski definition) is 5. The van der Waals surface area contributed by atoms with Gasteiger partial charge in [-0.1, -0.05) is 11.8 Å². The van der Waals surface area contributed by atoms with Gasteiger partial charge >= 0.3 is 0 Å². The Morgan fingerprint density at radius 2 is 2.08 bits per heavy atom. The third kappa shape index (κ3) is 3.83. The Kier molecular flexibility index (Phi) is 4.95. The Balaban J connectivity index is 1.58. The van der Waals surface area contributed by atoms with Gasteiger partial charge in [-0.3, -0.25) is 4.79 Å². The van der Waals surface area contributed by atoms with Crippen molar-refractivity contribution in [2.75, 3.05) is 5.75 Å². The number of aromatic nitrogens is 3. The smallest absolute Gasteiger partial charge is 0.230 e. The Hall–Kier alpha value is -2.61. The van der Waals surface area contributed by atoms with E-state index in [9.17, 15) is 9.18 Å². The number of rotatable bonds is 6. The number of nitrogens with zero attached hydrogens (tertiary/aromatic N) is 3. The molecule has 1 N–H and O–H groups in total. The highest BCUT2D eigenvalue weighted by molar-refractivity contribution is 7.99. The lowest BCUT2D eigenvalue weighted by molar-refractivity contribution is -0.118. The Morgan fingerprint density at radius 1 is 1.29 bits per heavy atom. The first-order chi connectivity index (χ1) is 11.6. The van der Waals surface area contributed by atoms with Crippen LogP contribution in [-0.2, 0) is 18.4 Å². The first-order valence-electron chi connectivity index (χ1n) is 7.20. The molecule has 0 atom stereocenters. The number of carbonyl (C=O) groups is 1. The number of nitrogens with one attached hydrogen (secondary N) is 1. The molecule has 0 saturated carbocycles. The van der Waals surface area contributed by atoms with Crippen molar-refractivity contribution in [1.82, 2.24) is 20.1 Å². The van der Waals surface area contributed by atoms with E-state index < -0.39 is 0 Å². The SMILES string of the molecule is Cn1c(SCC(=O)NCc2ccco2)nnc1-c1ccc(F)cc1. The van der Waals surface area contributed by atoms with E-state index in [0.717, 1.165) is 5.56 Å². The van der Waals surface area contributed by atoms with Gasteiger partial charge in [0, 0.05) is 12.6 Å². The van der Waals surface area contributed by atoms with Crippen molar-refractivity contribution in [2.24, 2.45) is 7.05 Å². The molecular weight excluding hydrogens is 331 g/mol. The lowest BCUT2D eigenvalue weighted by Gasteiger charge is -2.05. The van der Waals surface area contributed by atoms with Crippen LogP contribution in [0.5, 0.6) is 0 Å². The van der Waals surface area contributed by atoms with Crippen molar-refractivity contribution >= 4 is 17.7 Å². The highest BCUT2D eigenvalue weighted by atomic mass is 32.2. The predicted molar refractivity (Wildman–Crippen MR) is 87.7 cm³/mol. The zero-order valence-electron chi connectivity index (χ0n) is 12.9. The molecule has 1 amide bonds. The molecular formula is C16H15FN4O2S. The molecule has 0 bridgehead atoms. The Labute approximate surface area is 142 Å². The molecule has 6 nitrogen and oxygen atoms in total. The average Bonchev–Trinajstić information content (AvgIpc) is 3.22. The van der Waals surface area contributed by atoms with Crippen LogP contribution < -0.4 is 5.32 Å². The third-order valence-electron chi connectivity index (χ3n) is 3.31. The fraction of sp³-hybridized carbons (Fsp3) is 0.188. The van der Waals surface area contributed by atoms with Crippen LogP contribution in [0.4, 0.5) is 4.39 Å². The van der Waals surface area contributed by atoms with E-state index in [4.69, 9.17) is 4.42 Å². The molecule has 0 fully saturated rings. The summed E-state index contributed by atoms with van der Waals surface area (Å²) in [6.45, 7) is 0.353. The van der Waals surface area contributed by atoms with E-state index in [0.29, 0.717) is 23.3 Å². The summed E-state index contributed by atoms with van der Waals surface area (Å²) < 4.78 is 19.9. The van der Waals surface area contributed by atoms with Crippen molar-refractivity contribution in [2.45, 2.75) is 11.7 Å². The number of benzene rings is 1. The first-order valence-corrected chi connectivity index (χ1v) is 8.19. The van der Waals surface area contributed by atoms with Crippen LogP contribution in [0, 0.1) is 5.82 Å². The zero-order valence-corrected chi connectivity index (χ0v) is 13.7. The highest BCUT2D eigenvalue weighted by Gasteiger charge is 2.13. The van der Waals surface area contributed by atoms with E-state index in [1.165, 1.54) is 23.9 Å².